The fourth-order valence-corrected chi connectivity index (χ4v) is 4.01. The van der Waals surface area contributed by atoms with Crippen LogP contribution in [0.1, 0.15) is 30.7 Å². The highest BCUT2D eigenvalue weighted by molar-refractivity contribution is 6.46. The number of aryl methyl sites for hydroxylation is 1. The van der Waals surface area contributed by atoms with Crippen LogP contribution < -0.4 is 4.74 Å². The lowest BCUT2D eigenvalue weighted by atomic mass is 9.99. The van der Waals surface area contributed by atoms with Crippen molar-refractivity contribution in [3.05, 3.63) is 77.2 Å². The summed E-state index contributed by atoms with van der Waals surface area (Å²) in [7, 11) is 0. The molecule has 4 rings (SSSR count). The Balaban J connectivity index is 1.68. The maximum absolute atomic E-state index is 13.0. The minimum absolute atomic E-state index is 0.0344. The van der Waals surface area contributed by atoms with E-state index in [-0.39, 0.29) is 11.3 Å². The summed E-state index contributed by atoms with van der Waals surface area (Å²) in [6.45, 7) is 3.20. The second-order valence-electron chi connectivity index (χ2n) is 7.24. The number of imidazole rings is 1. The van der Waals surface area contributed by atoms with Crippen molar-refractivity contribution in [2.75, 3.05) is 13.2 Å². The molecule has 1 amide bonds. The molecule has 3 heterocycles. The van der Waals surface area contributed by atoms with Crippen LogP contribution in [-0.4, -0.2) is 44.4 Å². The van der Waals surface area contributed by atoms with Crippen LogP contribution in [0.2, 0.25) is 5.02 Å². The van der Waals surface area contributed by atoms with Gasteiger partial charge in [-0.1, -0.05) is 11.6 Å². The van der Waals surface area contributed by atoms with Crippen LogP contribution >= 0.6 is 11.6 Å². The molecule has 0 bridgehead atoms. The highest BCUT2D eigenvalue weighted by Crippen LogP contribution is 2.40. The number of amides is 1. The largest absolute Gasteiger partial charge is 0.507 e. The molecule has 3 aromatic rings. The Morgan fingerprint density at radius 2 is 2.12 bits per heavy atom. The Labute approximate surface area is 189 Å². The van der Waals surface area contributed by atoms with Crippen LogP contribution in [0.3, 0.4) is 0 Å². The molecule has 166 valence electrons. The summed E-state index contributed by atoms with van der Waals surface area (Å²) in [6, 6.07) is 7.24. The highest BCUT2D eigenvalue weighted by atomic mass is 35.5. The number of hydrogen-bond acceptors (Lipinski definition) is 6. The van der Waals surface area contributed by atoms with Crippen molar-refractivity contribution >= 4 is 29.1 Å². The number of carbonyl (C=O) groups is 2. The Morgan fingerprint density at radius 3 is 2.78 bits per heavy atom. The van der Waals surface area contributed by atoms with Crippen molar-refractivity contribution in [2.24, 2.45) is 0 Å². The van der Waals surface area contributed by atoms with E-state index in [2.05, 4.69) is 4.98 Å². The predicted octanol–water partition coefficient (Wildman–Crippen LogP) is 4.04. The molecule has 1 fully saturated rings. The minimum atomic E-state index is -0.835. The van der Waals surface area contributed by atoms with Gasteiger partial charge in [-0.25, -0.2) is 4.98 Å². The summed E-state index contributed by atoms with van der Waals surface area (Å²) in [6.07, 6.45) is 7.25. The van der Waals surface area contributed by atoms with E-state index in [0.29, 0.717) is 48.2 Å². The molecule has 1 aromatic carbocycles. The van der Waals surface area contributed by atoms with Crippen LogP contribution in [0.25, 0.3) is 5.76 Å². The first-order valence-electron chi connectivity index (χ1n) is 10.2. The molecule has 8 nitrogen and oxygen atoms in total. The van der Waals surface area contributed by atoms with Crippen molar-refractivity contribution in [2.45, 2.75) is 25.9 Å². The molecule has 0 saturated carbocycles. The molecule has 2 aromatic heterocycles. The zero-order valence-electron chi connectivity index (χ0n) is 17.4. The van der Waals surface area contributed by atoms with Gasteiger partial charge in [0.2, 0.25) is 0 Å². The maximum atomic E-state index is 13.0. The van der Waals surface area contributed by atoms with Gasteiger partial charge in [0.1, 0.15) is 23.3 Å². The SMILES string of the molecule is CCOc1ccc(C(O)=C2C(=O)C(=O)N(CCCn3ccnc3)[C@H]2c2ccco2)cc1Cl. The fourth-order valence-electron chi connectivity index (χ4n) is 3.77. The van der Waals surface area contributed by atoms with Crippen LogP contribution in [0, 0.1) is 0 Å². The van der Waals surface area contributed by atoms with Gasteiger partial charge in [-0.3, -0.25) is 9.59 Å². The third-order valence-electron chi connectivity index (χ3n) is 5.23. The van der Waals surface area contributed by atoms with E-state index in [0.717, 1.165) is 0 Å². The monoisotopic (exact) mass is 455 g/mol. The number of hydrogen-bond donors (Lipinski definition) is 1. The van der Waals surface area contributed by atoms with Crippen molar-refractivity contribution in [3.63, 3.8) is 0 Å². The van der Waals surface area contributed by atoms with E-state index in [4.69, 9.17) is 20.8 Å². The van der Waals surface area contributed by atoms with Crippen LogP contribution in [0.5, 0.6) is 5.75 Å². The third-order valence-corrected chi connectivity index (χ3v) is 5.53. The molecule has 0 radical (unpaired) electrons. The summed E-state index contributed by atoms with van der Waals surface area (Å²) in [4.78, 5) is 31.3. The van der Waals surface area contributed by atoms with E-state index in [1.807, 2.05) is 17.7 Å². The highest BCUT2D eigenvalue weighted by Gasteiger charge is 2.47. The van der Waals surface area contributed by atoms with Gasteiger partial charge in [-0.2, -0.15) is 0 Å². The molecule has 1 aliphatic rings. The number of ketones is 1. The van der Waals surface area contributed by atoms with E-state index in [1.54, 1.807) is 36.8 Å². The van der Waals surface area contributed by atoms with E-state index >= 15 is 0 Å². The van der Waals surface area contributed by atoms with Crippen LogP contribution in [-0.2, 0) is 16.1 Å². The quantitative estimate of drug-likeness (QED) is 0.313. The topological polar surface area (TPSA) is 97.8 Å². The fraction of sp³-hybridized carbons (Fsp3) is 0.261. The Bertz CT molecular complexity index is 1140. The number of nitrogens with zero attached hydrogens (tertiary/aromatic N) is 3. The standard InChI is InChI=1S/C23H22ClN3O5/c1-2-31-17-7-6-15(13-16(17)24)21(28)19-20(18-5-3-12-32-18)27(23(30)22(19)29)10-4-9-26-11-8-25-14-26/h3,5-8,11-14,20,28H,2,4,9-10H2,1H3/t20-/m0/s1. The molecule has 0 unspecified atom stereocenters. The molecule has 1 N–H and O–H groups in total. The molecular formula is C23H22ClN3O5. The molecule has 0 spiro atoms. The number of ether oxygens (including phenoxy) is 1. The lowest BCUT2D eigenvalue weighted by Gasteiger charge is -2.23. The lowest BCUT2D eigenvalue weighted by Crippen LogP contribution is -2.31. The Morgan fingerprint density at radius 1 is 1.28 bits per heavy atom. The number of likely N-dealkylation sites (tertiary alicyclic amines) is 1. The molecule has 9 heteroatoms. The van der Waals surface area contributed by atoms with Crippen LogP contribution in [0.4, 0.5) is 0 Å². The van der Waals surface area contributed by atoms with Gasteiger partial charge in [0, 0.05) is 31.0 Å². The summed E-state index contributed by atoms with van der Waals surface area (Å²) in [5.41, 5.74) is 0.277. The number of carbonyl (C=O) groups excluding carboxylic acids is 2. The predicted molar refractivity (Wildman–Crippen MR) is 117 cm³/mol. The molecule has 32 heavy (non-hydrogen) atoms. The number of rotatable bonds is 8. The Kier molecular flexibility index (Phi) is 6.32. The first-order valence-corrected chi connectivity index (χ1v) is 10.6. The maximum Gasteiger partial charge on any atom is 0.295 e. The van der Waals surface area contributed by atoms with E-state index in [9.17, 15) is 14.7 Å². The van der Waals surface area contributed by atoms with Gasteiger partial charge in [0.25, 0.3) is 11.7 Å². The number of aliphatic hydroxyl groups is 1. The summed E-state index contributed by atoms with van der Waals surface area (Å²) in [5.74, 6) is -0.905. The van der Waals surface area contributed by atoms with Gasteiger partial charge < -0.3 is 23.7 Å². The second kappa shape index (κ2) is 9.32. The summed E-state index contributed by atoms with van der Waals surface area (Å²) in [5, 5.41) is 11.3. The number of aliphatic hydroxyl groups excluding tert-OH is 1. The van der Waals surface area contributed by atoms with Gasteiger partial charge in [-0.15, -0.1) is 0 Å². The molecule has 0 aliphatic carbocycles. The smallest absolute Gasteiger partial charge is 0.295 e. The molecule has 1 saturated heterocycles. The lowest BCUT2D eigenvalue weighted by molar-refractivity contribution is -0.140. The van der Waals surface area contributed by atoms with Gasteiger partial charge in [0.15, 0.2) is 0 Å². The van der Waals surface area contributed by atoms with Crippen molar-refractivity contribution in [1.82, 2.24) is 14.5 Å². The zero-order chi connectivity index (χ0) is 22.7. The average Bonchev–Trinajstić information content (AvgIpc) is 3.53. The second-order valence-corrected chi connectivity index (χ2v) is 7.65. The van der Waals surface area contributed by atoms with Crippen LogP contribution in [0.15, 0.2) is 65.3 Å². The number of Topliss-reactive ketones (excluding diaryl/α,β-unsaturated/α-hetero) is 1. The van der Waals surface area contributed by atoms with Gasteiger partial charge in [0.05, 0.1) is 29.8 Å². The first kappa shape index (κ1) is 21.7. The van der Waals surface area contributed by atoms with Gasteiger partial charge in [-0.05, 0) is 43.7 Å². The zero-order valence-corrected chi connectivity index (χ0v) is 18.2. The van der Waals surface area contributed by atoms with Crippen molar-refractivity contribution < 1.29 is 23.8 Å². The normalized spacial score (nSPS) is 17.8. The number of furan rings is 1. The van der Waals surface area contributed by atoms with E-state index < -0.39 is 17.7 Å². The number of aromatic nitrogens is 2. The Hall–Kier alpha value is -3.52. The minimum Gasteiger partial charge on any atom is -0.507 e. The summed E-state index contributed by atoms with van der Waals surface area (Å²) >= 11 is 6.26. The number of benzene rings is 1. The average molecular weight is 456 g/mol. The van der Waals surface area contributed by atoms with E-state index in [1.165, 1.54) is 17.2 Å². The molecule has 1 atom stereocenters. The molecular weight excluding hydrogens is 434 g/mol. The van der Waals surface area contributed by atoms with Crippen molar-refractivity contribution in [1.29, 1.82) is 0 Å². The number of halogens is 1. The van der Waals surface area contributed by atoms with Crippen molar-refractivity contribution in [3.8, 4) is 5.75 Å². The molecule has 1 aliphatic heterocycles. The third kappa shape index (κ3) is 4.13. The summed E-state index contributed by atoms with van der Waals surface area (Å²) < 4.78 is 12.9. The first-order chi connectivity index (χ1) is 15.5. The van der Waals surface area contributed by atoms with Gasteiger partial charge >= 0.3 is 0 Å².